The minimum absolute atomic E-state index is 0.324. The molecule has 0 aliphatic carbocycles. The molecule has 0 unspecified atom stereocenters. The van der Waals surface area contributed by atoms with Gasteiger partial charge in [0.05, 0.1) is 6.61 Å². The van der Waals surface area contributed by atoms with Crippen molar-refractivity contribution in [3.8, 4) is 28.5 Å². The van der Waals surface area contributed by atoms with Crippen LogP contribution in [0.1, 0.15) is 75.2 Å². The molecule has 37 heavy (non-hydrogen) atoms. The third-order valence-corrected chi connectivity index (χ3v) is 6.50. The summed E-state index contributed by atoms with van der Waals surface area (Å²) in [6, 6.07) is 19.1. The minimum Gasteiger partial charge on any atom is -0.462 e. The maximum absolute atomic E-state index is 5.83. The summed E-state index contributed by atoms with van der Waals surface area (Å²) in [5, 5.41) is 8.92. The van der Waals surface area contributed by atoms with E-state index in [0.29, 0.717) is 36.8 Å². The summed E-state index contributed by atoms with van der Waals surface area (Å²) in [5.74, 6) is 0. The Bertz CT molecular complexity index is 1090. The molecule has 0 amide bonds. The molecule has 0 radical (unpaired) electrons. The summed E-state index contributed by atoms with van der Waals surface area (Å²) in [6.45, 7) is 20.5. The van der Waals surface area contributed by atoms with Gasteiger partial charge < -0.3 is 14.5 Å². The molecule has 3 aromatic rings. The van der Waals surface area contributed by atoms with Crippen molar-refractivity contribution in [2.75, 3.05) is 16.4 Å². The highest BCUT2D eigenvalue weighted by Gasteiger charge is 2.19. The van der Waals surface area contributed by atoms with E-state index in [-0.39, 0.29) is 0 Å². The molecule has 0 bridgehead atoms. The van der Waals surface area contributed by atoms with Crippen LogP contribution in [0.3, 0.4) is 0 Å². The van der Waals surface area contributed by atoms with Crippen molar-refractivity contribution in [2.45, 2.75) is 99.3 Å². The molecule has 1 heterocycles. The van der Waals surface area contributed by atoms with Gasteiger partial charge in [-0.05, 0) is 86.1 Å². The first-order valence-corrected chi connectivity index (χ1v) is 13.8. The van der Waals surface area contributed by atoms with E-state index < -0.39 is 0 Å². The van der Waals surface area contributed by atoms with Crippen molar-refractivity contribution in [1.82, 2.24) is 15.2 Å². The first-order valence-electron chi connectivity index (χ1n) is 13.8. The second kappa shape index (κ2) is 12.9. The van der Waals surface area contributed by atoms with E-state index in [1.807, 2.05) is 0 Å². The molecular formula is C31H45N5O. The van der Waals surface area contributed by atoms with Crippen LogP contribution in [0, 0.1) is 0 Å². The molecular weight excluding hydrogens is 458 g/mol. The molecule has 6 nitrogen and oxygen atoms in total. The van der Waals surface area contributed by atoms with Crippen molar-refractivity contribution in [3.05, 3.63) is 48.5 Å². The van der Waals surface area contributed by atoms with E-state index in [2.05, 4.69) is 131 Å². The fraction of sp³-hybridized carbons (Fsp3) is 0.516. The summed E-state index contributed by atoms with van der Waals surface area (Å²) < 4.78 is 5.83. The zero-order valence-corrected chi connectivity index (χ0v) is 24.2. The number of unbranched alkanes of at least 4 members (excludes halogenated alkanes) is 1. The molecule has 3 rings (SSSR count). The normalized spacial score (nSPS) is 11.6. The molecule has 0 aliphatic heterocycles. The van der Waals surface area contributed by atoms with Crippen LogP contribution in [-0.2, 0) is 0 Å². The number of benzene rings is 2. The largest absolute Gasteiger partial charge is 0.462 e. The summed E-state index contributed by atoms with van der Waals surface area (Å²) in [6.07, 6.45) is 2.01. The van der Waals surface area contributed by atoms with Crippen LogP contribution in [-0.4, -0.2) is 46.0 Å². The van der Waals surface area contributed by atoms with Gasteiger partial charge in [0.2, 0.25) is 0 Å². The van der Waals surface area contributed by atoms with E-state index in [1.165, 1.54) is 11.4 Å². The van der Waals surface area contributed by atoms with Gasteiger partial charge in [0, 0.05) is 46.7 Å². The molecule has 0 saturated carbocycles. The number of aromatic nitrogens is 3. The first kappa shape index (κ1) is 28.4. The lowest BCUT2D eigenvalue weighted by molar-refractivity contribution is 0.282. The highest BCUT2D eigenvalue weighted by Crippen LogP contribution is 2.33. The second-order valence-electron chi connectivity index (χ2n) is 10.8. The Morgan fingerprint density at radius 2 is 1.05 bits per heavy atom. The summed E-state index contributed by atoms with van der Waals surface area (Å²) in [5.41, 5.74) is 5.92. The van der Waals surface area contributed by atoms with Crippen molar-refractivity contribution in [2.24, 2.45) is 0 Å². The van der Waals surface area contributed by atoms with Gasteiger partial charge in [-0.2, -0.15) is 4.98 Å². The minimum atomic E-state index is 0.324. The van der Waals surface area contributed by atoms with Crippen molar-refractivity contribution in [3.63, 3.8) is 0 Å². The van der Waals surface area contributed by atoms with Gasteiger partial charge in [0.15, 0.2) is 0 Å². The van der Waals surface area contributed by atoms with Crippen LogP contribution in [0.4, 0.5) is 11.4 Å². The van der Waals surface area contributed by atoms with E-state index in [1.54, 1.807) is 0 Å². The fourth-order valence-electron chi connectivity index (χ4n) is 5.04. The topological polar surface area (TPSA) is 54.4 Å². The lowest BCUT2D eigenvalue weighted by atomic mass is 10.0. The van der Waals surface area contributed by atoms with Gasteiger partial charge in [0.1, 0.15) is 11.4 Å². The van der Waals surface area contributed by atoms with E-state index in [9.17, 15) is 0 Å². The van der Waals surface area contributed by atoms with Crippen LogP contribution in [0.25, 0.3) is 22.5 Å². The third-order valence-electron chi connectivity index (χ3n) is 6.50. The van der Waals surface area contributed by atoms with Crippen LogP contribution >= 0.6 is 0 Å². The number of rotatable bonds is 12. The van der Waals surface area contributed by atoms with Crippen molar-refractivity contribution in [1.29, 1.82) is 0 Å². The lowest BCUT2D eigenvalue weighted by Gasteiger charge is -2.33. The van der Waals surface area contributed by atoms with Crippen LogP contribution < -0.4 is 14.5 Å². The zero-order valence-electron chi connectivity index (χ0n) is 24.2. The molecule has 0 N–H and O–H groups in total. The average molecular weight is 504 g/mol. The molecule has 0 aliphatic rings. The Labute approximate surface area is 224 Å². The summed E-state index contributed by atoms with van der Waals surface area (Å²) in [4.78, 5) is 9.65. The Morgan fingerprint density at radius 1 is 0.622 bits per heavy atom. The van der Waals surface area contributed by atoms with Crippen LogP contribution in [0.2, 0.25) is 0 Å². The number of ether oxygens (including phenoxy) is 1. The molecule has 200 valence electrons. The summed E-state index contributed by atoms with van der Waals surface area (Å²) in [7, 11) is 0. The lowest BCUT2D eigenvalue weighted by Crippen LogP contribution is -2.36. The molecule has 0 saturated heterocycles. The summed E-state index contributed by atoms with van der Waals surface area (Å²) >= 11 is 0. The van der Waals surface area contributed by atoms with Gasteiger partial charge in [-0.15, -0.1) is 5.10 Å². The van der Waals surface area contributed by atoms with Crippen molar-refractivity contribution < 1.29 is 4.74 Å². The Balaban J connectivity index is 2.03. The molecule has 0 atom stereocenters. The van der Waals surface area contributed by atoms with Crippen LogP contribution in [0.15, 0.2) is 48.5 Å². The first-order chi connectivity index (χ1) is 17.6. The fourth-order valence-corrected chi connectivity index (χ4v) is 5.04. The molecule has 1 aromatic heterocycles. The van der Waals surface area contributed by atoms with Crippen LogP contribution in [0.5, 0.6) is 6.01 Å². The van der Waals surface area contributed by atoms with Gasteiger partial charge in [0.25, 0.3) is 0 Å². The highest BCUT2D eigenvalue weighted by atomic mass is 16.5. The SMILES string of the molecule is CCCCOc1nnc(-c2ccc(N(C(C)C)C(C)C)cc2)c(-c2ccc(N(C(C)C)C(C)C)cc2)n1. The number of anilines is 2. The second-order valence-corrected chi connectivity index (χ2v) is 10.8. The van der Waals surface area contributed by atoms with E-state index in [0.717, 1.165) is 35.4 Å². The third kappa shape index (κ3) is 7.00. The van der Waals surface area contributed by atoms with Gasteiger partial charge in [-0.25, -0.2) is 0 Å². The Morgan fingerprint density at radius 3 is 1.46 bits per heavy atom. The monoisotopic (exact) mass is 503 g/mol. The standard InChI is InChI=1S/C31H45N5O/c1-10-11-20-37-31-32-29(25-12-16-27(17-13-25)35(21(2)3)22(4)5)30(33-34-31)26-14-18-28(19-15-26)36(23(6)7)24(8)9/h12-19,21-24H,10-11,20H2,1-9H3. The zero-order chi connectivity index (χ0) is 27.1. The van der Waals surface area contributed by atoms with E-state index in [4.69, 9.17) is 9.72 Å². The molecule has 0 fully saturated rings. The quantitative estimate of drug-likeness (QED) is 0.237. The number of hydrogen-bond acceptors (Lipinski definition) is 6. The van der Waals surface area contributed by atoms with Gasteiger partial charge >= 0.3 is 6.01 Å². The van der Waals surface area contributed by atoms with Gasteiger partial charge in [-0.1, -0.05) is 42.7 Å². The molecule has 6 heteroatoms. The number of hydrogen-bond donors (Lipinski definition) is 0. The molecule has 0 spiro atoms. The average Bonchev–Trinajstić information content (AvgIpc) is 2.84. The number of nitrogens with zero attached hydrogens (tertiary/aromatic N) is 5. The maximum atomic E-state index is 5.83. The Hall–Kier alpha value is -3.15. The molecule has 2 aromatic carbocycles. The highest BCUT2D eigenvalue weighted by molar-refractivity contribution is 5.79. The van der Waals surface area contributed by atoms with Gasteiger partial charge in [-0.3, -0.25) is 0 Å². The predicted molar refractivity (Wildman–Crippen MR) is 157 cm³/mol. The predicted octanol–water partition coefficient (Wildman–Crippen LogP) is 7.63. The maximum Gasteiger partial charge on any atom is 0.336 e. The van der Waals surface area contributed by atoms with Crippen molar-refractivity contribution >= 4 is 11.4 Å². The smallest absolute Gasteiger partial charge is 0.336 e. The Kier molecular flexibility index (Phi) is 9.90. The van der Waals surface area contributed by atoms with E-state index >= 15 is 0 Å².